The number of anilines is 1. The van der Waals surface area contributed by atoms with E-state index in [9.17, 15) is 10.2 Å². The second kappa shape index (κ2) is 5.41. The van der Waals surface area contributed by atoms with Crippen LogP contribution < -0.4 is 15.9 Å². The summed E-state index contributed by atoms with van der Waals surface area (Å²) in [5.41, 5.74) is 3.32. The second-order valence-corrected chi connectivity index (χ2v) is 9.20. The summed E-state index contributed by atoms with van der Waals surface area (Å²) in [6, 6.07) is 0. The monoisotopic (exact) mass is 465 g/mol. The lowest BCUT2D eigenvalue weighted by Crippen LogP contribution is -2.48. The van der Waals surface area contributed by atoms with Crippen LogP contribution in [0.5, 0.6) is 5.75 Å². The summed E-state index contributed by atoms with van der Waals surface area (Å²) in [5.74, 6) is 0.220. The normalized spacial score (nSPS) is 32.0. The van der Waals surface area contributed by atoms with Gasteiger partial charge >= 0.3 is 0 Å². The molecule has 1 aliphatic carbocycles. The molecule has 0 amide bonds. The van der Waals surface area contributed by atoms with Gasteiger partial charge in [-0.2, -0.15) is 0 Å². The molecule has 130 valence electrons. The standard InChI is InChI=1S/C18H17Br2N3O2/c19-9-5-18(6-10(20)16(9)24)2-4-22-15-12(18)13-11-8(1-3-21-13)7-23-14(11)17(15)25/h5,7,10,16,22,24-25H,1-4,6H2. The molecule has 5 rings (SSSR count). The predicted molar refractivity (Wildman–Crippen MR) is 105 cm³/mol. The second-order valence-electron chi connectivity index (χ2n) is 7.11. The van der Waals surface area contributed by atoms with Gasteiger partial charge in [0, 0.05) is 44.8 Å². The highest BCUT2D eigenvalue weighted by molar-refractivity contribution is 9.12. The molecule has 0 saturated carbocycles. The molecule has 0 fully saturated rings. The number of aromatic hydroxyl groups is 1. The van der Waals surface area contributed by atoms with Crippen LogP contribution in [0.2, 0.25) is 0 Å². The number of hydrogen-bond donors (Lipinski definition) is 3. The third kappa shape index (κ3) is 2.09. The Labute approximate surface area is 161 Å². The van der Waals surface area contributed by atoms with Gasteiger partial charge in [-0.1, -0.05) is 37.9 Å². The third-order valence-electron chi connectivity index (χ3n) is 5.71. The van der Waals surface area contributed by atoms with Crippen molar-refractivity contribution in [1.82, 2.24) is 0 Å². The summed E-state index contributed by atoms with van der Waals surface area (Å²) >= 11 is 7.19. The van der Waals surface area contributed by atoms with E-state index in [2.05, 4.69) is 48.2 Å². The fourth-order valence-corrected chi connectivity index (χ4v) is 6.54. The van der Waals surface area contributed by atoms with Crippen LogP contribution in [0.1, 0.15) is 24.8 Å². The van der Waals surface area contributed by atoms with E-state index in [-0.39, 0.29) is 16.0 Å². The molecule has 4 aliphatic rings. The van der Waals surface area contributed by atoms with Crippen LogP contribution in [0.25, 0.3) is 5.57 Å². The molecule has 3 unspecified atom stereocenters. The van der Waals surface area contributed by atoms with Crippen molar-refractivity contribution < 1.29 is 10.2 Å². The Hall–Kier alpha value is -1.18. The van der Waals surface area contributed by atoms with Crippen molar-refractivity contribution in [3.8, 4) is 5.75 Å². The van der Waals surface area contributed by atoms with Crippen molar-refractivity contribution in [1.29, 1.82) is 0 Å². The third-order valence-corrected chi connectivity index (χ3v) is 7.24. The molecular formula is C18H17Br2N3O2. The lowest BCUT2D eigenvalue weighted by Gasteiger charge is -2.43. The minimum Gasteiger partial charge on any atom is -0.504 e. The number of aliphatic hydroxyl groups excluding tert-OH is 1. The maximum absolute atomic E-state index is 10.9. The Morgan fingerprint density at radius 3 is 3.00 bits per heavy atom. The Morgan fingerprint density at radius 1 is 1.36 bits per heavy atom. The molecule has 1 spiro atoms. The Bertz CT molecular complexity index is 985. The summed E-state index contributed by atoms with van der Waals surface area (Å²) in [5, 5.41) is 26.5. The van der Waals surface area contributed by atoms with Gasteiger partial charge in [0.1, 0.15) is 5.69 Å². The number of benzene rings is 1. The molecule has 5 nitrogen and oxygen atoms in total. The first-order chi connectivity index (χ1) is 12.0. The van der Waals surface area contributed by atoms with Crippen molar-refractivity contribution in [2.45, 2.75) is 35.6 Å². The summed E-state index contributed by atoms with van der Waals surface area (Å²) in [6.45, 7) is 1.50. The van der Waals surface area contributed by atoms with E-state index < -0.39 is 6.10 Å². The fourth-order valence-electron chi connectivity index (χ4n) is 4.56. The average Bonchev–Trinajstić information content (AvgIpc) is 3.03. The summed E-state index contributed by atoms with van der Waals surface area (Å²) in [7, 11) is 0. The highest BCUT2D eigenvalue weighted by Crippen LogP contribution is 2.50. The molecule has 3 heterocycles. The van der Waals surface area contributed by atoms with Crippen molar-refractivity contribution in [2.24, 2.45) is 9.98 Å². The quantitative estimate of drug-likeness (QED) is 0.405. The molecule has 3 N–H and O–H groups in total. The summed E-state index contributed by atoms with van der Waals surface area (Å²) in [6.07, 6.45) is 5.95. The van der Waals surface area contributed by atoms with Crippen LogP contribution >= 0.6 is 31.9 Å². The van der Waals surface area contributed by atoms with Crippen LogP contribution in [0.4, 0.5) is 11.4 Å². The molecule has 0 radical (unpaired) electrons. The van der Waals surface area contributed by atoms with Gasteiger partial charge in [-0.05, 0) is 24.8 Å². The van der Waals surface area contributed by atoms with Crippen LogP contribution in [-0.4, -0.2) is 40.4 Å². The minimum absolute atomic E-state index is 0.0521. The fraction of sp³-hybridized carbons (Fsp3) is 0.444. The Balaban J connectivity index is 1.89. The number of allylic oxidation sites excluding steroid dienone is 1. The number of alkyl halides is 1. The average molecular weight is 467 g/mol. The molecule has 0 saturated heterocycles. The highest BCUT2D eigenvalue weighted by Gasteiger charge is 2.45. The van der Waals surface area contributed by atoms with Crippen molar-refractivity contribution in [2.75, 3.05) is 18.4 Å². The highest BCUT2D eigenvalue weighted by atomic mass is 79.9. The van der Waals surface area contributed by atoms with Gasteiger partial charge in [0.2, 0.25) is 0 Å². The Morgan fingerprint density at radius 2 is 2.20 bits per heavy atom. The lowest BCUT2D eigenvalue weighted by atomic mass is 9.67. The smallest absolute Gasteiger partial charge is 0.165 e. The molecule has 3 atom stereocenters. The molecule has 0 aromatic heterocycles. The number of nitrogens with zero attached hydrogens (tertiary/aromatic N) is 2. The van der Waals surface area contributed by atoms with Gasteiger partial charge in [0.15, 0.2) is 5.75 Å². The first-order valence-electron chi connectivity index (χ1n) is 8.47. The van der Waals surface area contributed by atoms with E-state index in [0.29, 0.717) is 5.69 Å². The van der Waals surface area contributed by atoms with Crippen molar-refractivity contribution in [3.63, 3.8) is 0 Å². The van der Waals surface area contributed by atoms with Gasteiger partial charge in [0.05, 0.1) is 17.1 Å². The first-order valence-corrected chi connectivity index (χ1v) is 10.2. The van der Waals surface area contributed by atoms with Crippen LogP contribution in [0.3, 0.4) is 0 Å². The van der Waals surface area contributed by atoms with Crippen molar-refractivity contribution >= 4 is 55.0 Å². The van der Waals surface area contributed by atoms with E-state index in [4.69, 9.17) is 4.99 Å². The number of aliphatic hydroxyl groups is 1. The Kier molecular flexibility index (Phi) is 3.47. The van der Waals surface area contributed by atoms with Crippen LogP contribution in [-0.2, 0) is 5.41 Å². The number of hydrogen-bond acceptors (Lipinski definition) is 5. The van der Waals surface area contributed by atoms with E-state index in [0.717, 1.165) is 64.2 Å². The zero-order chi connectivity index (χ0) is 17.3. The molecule has 1 aromatic rings. The zero-order valence-electron chi connectivity index (χ0n) is 13.4. The molecule has 7 heteroatoms. The summed E-state index contributed by atoms with van der Waals surface area (Å²) < 4.78 is 0.789. The van der Waals surface area contributed by atoms with Gasteiger partial charge in [0.25, 0.3) is 0 Å². The van der Waals surface area contributed by atoms with Gasteiger partial charge < -0.3 is 15.5 Å². The first kappa shape index (κ1) is 16.0. The number of rotatable bonds is 0. The van der Waals surface area contributed by atoms with E-state index in [1.165, 1.54) is 0 Å². The van der Waals surface area contributed by atoms with E-state index in [1.807, 2.05) is 6.21 Å². The van der Waals surface area contributed by atoms with Gasteiger partial charge in [-0.25, -0.2) is 0 Å². The maximum atomic E-state index is 10.9. The number of fused-ring (bicyclic) bond motifs is 3. The number of nitrogens with one attached hydrogen (secondary N) is 1. The summed E-state index contributed by atoms with van der Waals surface area (Å²) in [4.78, 5) is 9.24. The number of aliphatic imine (C=N–C) groups is 1. The predicted octanol–water partition coefficient (Wildman–Crippen LogP) is 2.14. The zero-order valence-corrected chi connectivity index (χ0v) is 16.6. The lowest BCUT2D eigenvalue weighted by molar-refractivity contribution is 0.192. The molecule has 0 bridgehead atoms. The molecule has 25 heavy (non-hydrogen) atoms. The minimum atomic E-state index is -0.550. The molecule has 3 aliphatic heterocycles. The van der Waals surface area contributed by atoms with Crippen molar-refractivity contribution in [3.05, 3.63) is 26.7 Å². The number of phenols is 1. The van der Waals surface area contributed by atoms with Crippen LogP contribution in [0, 0.1) is 0 Å². The largest absolute Gasteiger partial charge is 0.504 e. The molecular weight excluding hydrogens is 450 g/mol. The van der Waals surface area contributed by atoms with Gasteiger partial charge in [-0.15, -0.1) is 0 Å². The van der Waals surface area contributed by atoms with E-state index in [1.54, 1.807) is 0 Å². The van der Waals surface area contributed by atoms with Crippen LogP contribution in [0.15, 0.2) is 20.5 Å². The van der Waals surface area contributed by atoms with Gasteiger partial charge in [-0.3, -0.25) is 9.98 Å². The topological polar surface area (TPSA) is 77.2 Å². The number of phenolic OH excluding ortho intramolecular Hbond substituents is 1. The van der Waals surface area contributed by atoms with E-state index >= 15 is 0 Å². The maximum Gasteiger partial charge on any atom is 0.165 e. The number of halogens is 2. The SMILES string of the molecule is Oc1c2c(c3c4c1N=CC=4CCN=3)C1(C=C(Br)C(O)C(Br)C1)CCN2. The molecule has 1 aromatic carbocycles.